The van der Waals surface area contributed by atoms with Crippen LogP contribution in [0.4, 0.5) is 0 Å². The van der Waals surface area contributed by atoms with E-state index in [1.807, 2.05) is 26.8 Å². The summed E-state index contributed by atoms with van der Waals surface area (Å²) < 4.78 is 0. The molecule has 0 atom stereocenters. The summed E-state index contributed by atoms with van der Waals surface area (Å²) in [5, 5.41) is 8.79. The summed E-state index contributed by atoms with van der Waals surface area (Å²) in [7, 11) is 0. The van der Waals surface area contributed by atoms with Crippen LogP contribution in [-0.4, -0.2) is 16.1 Å². The molecule has 1 aromatic heterocycles. The van der Waals surface area contributed by atoms with Crippen LogP contribution in [0.25, 0.3) is 0 Å². The van der Waals surface area contributed by atoms with Gasteiger partial charge in [0.05, 0.1) is 6.42 Å². The summed E-state index contributed by atoms with van der Waals surface area (Å²) in [5.41, 5.74) is 1.76. The van der Waals surface area contributed by atoms with Gasteiger partial charge in [0.1, 0.15) is 0 Å². The molecule has 0 radical (unpaired) electrons. The summed E-state index contributed by atoms with van der Waals surface area (Å²) in [6.07, 6.45) is 3.60. The highest BCUT2D eigenvalue weighted by Crippen LogP contribution is 2.28. The van der Waals surface area contributed by atoms with E-state index in [1.54, 1.807) is 12.4 Å². The van der Waals surface area contributed by atoms with Gasteiger partial charge in [-0.05, 0) is 24.1 Å². The molecule has 3 nitrogen and oxygen atoms in total. The van der Waals surface area contributed by atoms with Crippen molar-refractivity contribution in [2.75, 3.05) is 0 Å². The third-order valence-corrected chi connectivity index (χ3v) is 2.34. The zero-order valence-corrected chi connectivity index (χ0v) is 8.74. The first-order valence-electron chi connectivity index (χ1n) is 4.56. The molecule has 0 aliphatic heterocycles. The smallest absolute Gasteiger partial charge is 0.304 e. The fraction of sp³-hybridized carbons (Fsp3) is 0.455. The van der Waals surface area contributed by atoms with E-state index in [0.717, 1.165) is 11.1 Å². The molecule has 0 aliphatic carbocycles. The van der Waals surface area contributed by atoms with Gasteiger partial charge in [-0.25, -0.2) is 0 Å². The summed E-state index contributed by atoms with van der Waals surface area (Å²) in [6.45, 7) is 5.82. The van der Waals surface area contributed by atoms with E-state index in [9.17, 15) is 4.79 Å². The number of aromatic nitrogens is 1. The molecular weight excluding hydrogens is 178 g/mol. The first-order chi connectivity index (χ1) is 6.43. The molecule has 14 heavy (non-hydrogen) atoms. The van der Waals surface area contributed by atoms with E-state index in [-0.39, 0.29) is 11.8 Å². The van der Waals surface area contributed by atoms with Crippen molar-refractivity contribution in [1.29, 1.82) is 0 Å². The lowest BCUT2D eigenvalue weighted by Crippen LogP contribution is -2.22. The van der Waals surface area contributed by atoms with Crippen molar-refractivity contribution in [3.63, 3.8) is 0 Å². The van der Waals surface area contributed by atoms with Crippen molar-refractivity contribution >= 4 is 5.97 Å². The van der Waals surface area contributed by atoms with Gasteiger partial charge >= 0.3 is 5.97 Å². The maximum Gasteiger partial charge on any atom is 0.304 e. The van der Waals surface area contributed by atoms with Crippen LogP contribution >= 0.6 is 0 Å². The molecule has 1 rings (SSSR count). The summed E-state index contributed by atoms with van der Waals surface area (Å²) in [6, 6.07) is 1.89. The minimum absolute atomic E-state index is 0.137. The Bertz CT molecular complexity index is 345. The number of aryl methyl sites for hydroxylation is 1. The van der Waals surface area contributed by atoms with Crippen molar-refractivity contribution in [3.05, 3.63) is 29.6 Å². The molecule has 0 bridgehead atoms. The first-order valence-corrected chi connectivity index (χ1v) is 4.56. The van der Waals surface area contributed by atoms with E-state index in [0.29, 0.717) is 0 Å². The molecule has 76 valence electrons. The van der Waals surface area contributed by atoms with Crippen molar-refractivity contribution in [1.82, 2.24) is 4.98 Å². The molecule has 0 amide bonds. The van der Waals surface area contributed by atoms with Gasteiger partial charge in [0, 0.05) is 17.8 Å². The number of pyridine rings is 1. The topological polar surface area (TPSA) is 50.2 Å². The van der Waals surface area contributed by atoms with Crippen LogP contribution in [0.5, 0.6) is 0 Å². The SMILES string of the molecule is Cc1cnccc1C(C)(C)CC(=O)O. The fourth-order valence-corrected chi connectivity index (χ4v) is 1.71. The predicted octanol–water partition coefficient (Wildman–Crippen LogP) is 2.14. The number of hydrogen-bond donors (Lipinski definition) is 1. The Balaban J connectivity index is 3.03. The number of rotatable bonds is 3. The lowest BCUT2D eigenvalue weighted by Gasteiger charge is -2.24. The standard InChI is InChI=1S/C11H15NO2/c1-8-7-12-5-4-9(8)11(2,3)6-10(13)14/h4-5,7H,6H2,1-3H3,(H,13,14). The Morgan fingerprint density at radius 1 is 1.57 bits per heavy atom. The van der Waals surface area contributed by atoms with E-state index in [4.69, 9.17) is 5.11 Å². The lowest BCUT2D eigenvalue weighted by molar-refractivity contribution is -0.138. The van der Waals surface area contributed by atoms with Crippen LogP contribution in [0.3, 0.4) is 0 Å². The van der Waals surface area contributed by atoms with Gasteiger partial charge in [-0.2, -0.15) is 0 Å². The van der Waals surface area contributed by atoms with E-state index in [1.165, 1.54) is 0 Å². The van der Waals surface area contributed by atoms with Gasteiger partial charge in [-0.3, -0.25) is 9.78 Å². The maximum absolute atomic E-state index is 10.7. The van der Waals surface area contributed by atoms with Crippen molar-refractivity contribution in [2.24, 2.45) is 0 Å². The van der Waals surface area contributed by atoms with Gasteiger partial charge in [-0.15, -0.1) is 0 Å². The zero-order chi connectivity index (χ0) is 10.8. The van der Waals surface area contributed by atoms with Crippen LogP contribution in [0.15, 0.2) is 18.5 Å². The van der Waals surface area contributed by atoms with Crippen LogP contribution in [0, 0.1) is 6.92 Å². The van der Waals surface area contributed by atoms with Gasteiger partial charge in [0.15, 0.2) is 0 Å². The van der Waals surface area contributed by atoms with Gasteiger partial charge in [0.25, 0.3) is 0 Å². The average molecular weight is 193 g/mol. The molecule has 3 heteroatoms. The molecule has 0 saturated carbocycles. The normalized spacial score (nSPS) is 11.4. The molecule has 0 aliphatic rings. The lowest BCUT2D eigenvalue weighted by atomic mass is 9.80. The largest absolute Gasteiger partial charge is 0.481 e. The molecular formula is C11H15NO2. The minimum Gasteiger partial charge on any atom is -0.481 e. The third kappa shape index (κ3) is 2.31. The molecule has 0 fully saturated rings. The van der Waals surface area contributed by atoms with E-state index in [2.05, 4.69) is 4.98 Å². The molecule has 0 spiro atoms. The predicted molar refractivity (Wildman–Crippen MR) is 54.3 cm³/mol. The Morgan fingerprint density at radius 3 is 2.71 bits per heavy atom. The van der Waals surface area contributed by atoms with Gasteiger partial charge < -0.3 is 5.11 Å². The van der Waals surface area contributed by atoms with Crippen LogP contribution in [0.2, 0.25) is 0 Å². The van der Waals surface area contributed by atoms with Gasteiger partial charge in [0.2, 0.25) is 0 Å². The number of carboxylic acids is 1. The van der Waals surface area contributed by atoms with Crippen molar-refractivity contribution in [3.8, 4) is 0 Å². The van der Waals surface area contributed by atoms with E-state index < -0.39 is 5.97 Å². The number of hydrogen-bond acceptors (Lipinski definition) is 2. The molecule has 1 N–H and O–H groups in total. The van der Waals surface area contributed by atoms with Crippen LogP contribution in [-0.2, 0) is 10.2 Å². The van der Waals surface area contributed by atoms with E-state index >= 15 is 0 Å². The molecule has 0 aromatic carbocycles. The number of nitrogens with zero attached hydrogens (tertiary/aromatic N) is 1. The second-order valence-electron chi connectivity index (χ2n) is 4.14. The Hall–Kier alpha value is -1.38. The Morgan fingerprint density at radius 2 is 2.21 bits per heavy atom. The second-order valence-corrected chi connectivity index (χ2v) is 4.14. The highest BCUT2D eigenvalue weighted by molar-refractivity contribution is 5.69. The quantitative estimate of drug-likeness (QED) is 0.800. The Kier molecular flexibility index (Phi) is 2.89. The number of aliphatic carboxylic acids is 1. The summed E-state index contributed by atoms with van der Waals surface area (Å²) >= 11 is 0. The second kappa shape index (κ2) is 3.78. The molecule has 0 unspecified atom stereocenters. The van der Waals surface area contributed by atoms with Gasteiger partial charge in [-0.1, -0.05) is 13.8 Å². The summed E-state index contributed by atoms with van der Waals surface area (Å²) in [5.74, 6) is -0.772. The third-order valence-electron chi connectivity index (χ3n) is 2.34. The maximum atomic E-state index is 10.7. The monoisotopic (exact) mass is 193 g/mol. The van der Waals surface area contributed by atoms with Crippen LogP contribution < -0.4 is 0 Å². The minimum atomic E-state index is -0.772. The van der Waals surface area contributed by atoms with Crippen LogP contribution in [0.1, 0.15) is 31.4 Å². The number of carboxylic acid groups (broad SMARTS) is 1. The van der Waals surface area contributed by atoms with Crippen molar-refractivity contribution in [2.45, 2.75) is 32.6 Å². The Labute approximate surface area is 83.8 Å². The highest BCUT2D eigenvalue weighted by atomic mass is 16.4. The number of carbonyl (C=O) groups is 1. The molecule has 1 heterocycles. The van der Waals surface area contributed by atoms with Crippen molar-refractivity contribution < 1.29 is 9.90 Å². The average Bonchev–Trinajstić information content (AvgIpc) is 2.02. The highest BCUT2D eigenvalue weighted by Gasteiger charge is 2.25. The molecule has 0 saturated heterocycles. The first kappa shape index (κ1) is 10.7. The zero-order valence-electron chi connectivity index (χ0n) is 8.74. The summed E-state index contributed by atoms with van der Waals surface area (Å²) in [4.78, 5) is 14.7. The molecule has 1 aromatic rings. The fourth-order valence-electron chi connectivity index (χ4n) is 1.71.